The summed E-state index contributed by atoms with van der Waals surface area (Å²) in [5.41, 5.74) is 0.118. The van der Waals surface area contributed by atoms with E-state index in [1.165, 1.54) is 32.5 Å². The first-order valence-electron chi connectivity index (χ1n) is 13.1. The molecule has 13 heteroatoms. The molecule has 3 heterocycles. The second kappa shape index (κ2) is 13.6. The number of aliphatic hydroxyl groups is 1. The lowest BCUT2D eigenvalue weighted by Gasteiger charge is -2.49. The highest BCUT2D eigenvalue weighted by Crippen LogP contribution is 2.40. The van der Waals surface area contributed by atoms with Crippen LogP contribution in [0.2, 0.25) is 0 Å². The fourth-order valence-electron chi connectivity index (χ4n) is 4.85. The van der Waals surface area contributed by atoms with Crippen LogP contribution in [0.5, 0.6) is 0 Å². The molecule has 0 aromatic heterocycles. The van der Waals surface area contributed by atoms with Crippen molar-refractivity contribution in [1.82, 2.24) is 0 Å². The van der Waals surface area contributed by atoms with E-state index in [9.17, 15) is 19.5 Å². The minimum absolute atomic E-state index is 0.0982. The Bertz CT molecular complexity index is 1020. The molecule has 0 amide bonds. The number of carbonyl (C=O) groups excluding carboxylic acids is 3. The molecule has 1 aromatic rings. The molecule has 1 aromatic carbocycles. The van der Waals surface area contributed by atoms with Crippen molar-refractivity contribution in [3.63, 3.8) is 0 Å². The zero-order chi connectivity index (χ0) is 29.0. The van der Waals surface area contributed by atoms with Gasteiger partial charge in [-0.05, 0) is 0 Å². The van der Waals surface area contributed by atoms with Crippen LogP contribution in [0.4, 0.5) is 0 Å². The minimum atomic E-state index is -1.30. The fraction of sp³-hybridized carbons (Fsp3) is 0.667. The molecule has 222 valence electrons. The van der Waals surface area contributed by atoms with Crippen LogP contribution in [0.1, 0.15) is 46.5 Å². The van der Waals surface area contributed by atoms with Crippen molar-refractivity contribution >= 4 is 29.7 Å². The molecule has 1 N–H and O–H groups in total. The van der Waals surface area contributed by atoms with Crippen LogP contribution >= 0.6 is 11.8 Å². The molecule has 3 saturated heterocycles. The van der Waals surface area contributed by atoms with Gasteiger partial charge in [-0.3, -0.25) is 14.4 Å². The first-order chi connectivity index (χ1) is 19.0. The number of benzene rings is 1. The van der Waals surface area contributed by atoms with Crippen LogP contribution in [0.25, 0.3) is 0 Å². The van der Waals surface area contributed by atoms with Crippen LogP contribution < -0.4 is 0 Å². The maximum atomic E-state index is 12.0. The lowest BCUT2D eigenvalue weighted by atomic mass is 9.98. The first-order valence-corrected chi connectivity index (χ1v) is 14.1. The van der Waals surface area contributed by atoms with Gasteiger partial charge in [0.05, 0.1) is 13.2 Å². The van der Waals surface area contributed by atoms with Gasteiger partial charge in [0.1, 0.15) is 29.9 Å². The highest BCUT2D eigenvalue weighted by atomic mass is 32.2. The number of thioether (sulfide) groups is 1. The Balaban J connectivity index is 1.59. The van der Waals surface area contributed by atoms with Gasteiger partial charge >= 0.3 is 17.9 Å². The quantitative estimate of drug-likeness (QED) is 0.351. The second-order valence-electron chi connectivity index (χ2n) is 9.99. The van der Waals surface area contributed by atoms with Gasteiger partial charge in [0, 0.05) is 31.6 Å². The van der Waals surface area contributed by atoms with E-state index in [0.717, 1.165) is 5.56 Å². The van der Waals surface area contributed by atoms with Crippen molar-refractivity contribution in [3.05, 3.63) is 35.9 Å². The predicted molar refractivity (Wildman–Crippen MR) is 139 cm³/mol. The number of rotatable bonds is 8. The Morgan fingerprint density at radius 3 is 2.15 bits per heavy atom. The smallest absolute Gasteiger partial charge is 0.303 e. The Labute approximate surface area is 236 Å². The Hall–Kier alpha value is -2.26. The van der Waals surface area contributed by atoms with E-state index >= 15 is 0 Å². The van der Waals surface area contributed by atoms with E-state index in [2.05, 4.69) is 0 Å². The average Bonchev–Trinajstić information content (AvgIpc) is 2.88. The largest absolute Gasteiger partial charge is 0.456 e. The number of hydrogen-bond acceptors (Lipinski definition) is 13. The number of fused-ring (bicyclic) bond motifs is 1. The molecule has 12 nitrogen and oxygen atoms in total. The molecule has 10 atom stereocenters. The molecule has 0 unspecified atom stereocenters. The summed E-state index contributed by atoms with van der Waals surface area (Å²) in [6, 6.07) is 9.33. The summed E-state index contributed by atoms with van der Waals surface area (Å²) in [6.07, 6.45) is -9.13. The molecule has 3 aliphatic rings. The summed E-state index contributed by atoms with van der Waals surface area (Å²) in [7, 11) is 0. The van der Waals surface area contributed by atoms with Crippen molar-refractivity contribution in [2.45, 2.75) is 101 Å². The third kappa shape index (κ3) is 7.52. The van der Waals surface area contributed by atoms with Gasteiger partial charge in [-0.2, -0.15) is 0 Å². The summed E-state index contributed by atoms with van der Waals surface area (Å²) in [6.45, 7) is 7.49. The van der Waals surface area contributed by atoms with Crippen LogP contribution in [0.3, 0.4) is 0 Å². The lowest BCUT2D eigenvalue weighted by Crippen LogP contribution is -2.64. The van der Waals surface area contributed by atoms with E-state index in [0.29, 0.717) is 0 Å². The zero-order valence-corrected chi connectivity index (χ0v) is 23.8. The molecule has 4 rings (SSSR count). The maximum Gasteiger partial charge on any atom is 0.303 e. The molecule has 3 fully saturated rings. The molecule has 0 spiro atoms. The number of esters is 3. The van der Waals surface area contributed by atoms with E-state index in [4.69, 9.17) is 37.9 Å². The zero-order valence-electron chi connectivity index (χ0n) is 23.0. The van der Waals surface area contributed by atoms with E-state index in [1.807, 2.05) is 44.2 Å². The maximum absolute atomic E-state index is 12.0. The number of hydrogen-bond donors (Lipinski definition) is 1. The fourth-order valence-corrected chi connectivity index (χ4v) is 5.97. The lowest BCUT2D eigenvalue weighted by molar-refractivity contribution is -0.349. The van der Waals surface area contributed by atoms with Gasteiger partial charge in [-0.25, -0.2) is 0 Å². The SMILES string of the molecule is CC(=O)O[C@@H]1[C@@H](OC(C)=O)[C@H](O[C@@H]2[C@@H](O)[C@H]3O[C@H](c4ccccc4)OC[C@H]3O[C@H]2SC(C)C)OC[C@H]1OC(C)=O. The van der Waals surface area contributed by atoms with E-state index in [-0.39, 0.29) is 18.5 Å². The van der Waals surface area contributed by atoms with Gasteiger partial charge in [-0.15, -0.1) is 11.8 Å². The predicted octanol–water partition coefficient (Wildman–Crippen LogP) is 1.86. The molecule has 40 heavy (non-hydrogen) atoms. The summed E-state index contributed by atoms with van der Waals surface area (Å²) >= 11 is 1.43. The Morgan fingerprint density at radius 1 is 0.875 bits per heavy atom. The van der Waals surface area contributed by atoms with Crippen LogP contribution in [0.15, 0.2) is 30.3 Å². The standard InChI is InChI=1S/C27H36O12S/c1-13(2)40-27-23(20(31)21-18(37-27)11-32-25(38-21)17-9-7-6-8-10-17)39-26-24(36-16(5)30)22(35-15(4)29)19(12-33-26)34-14(3)28/h6-10,13,18-27,31H,11-12H2,1-5H3/t18-,19-,20+,21+,22+,23-,24-,25-,26+,27+/m1/s1. The van der Waals surface area contributed by atoms with Gasteiger partial charge in [-0.1, -0.05) is 44.2 Å². The summed E-state index contributed by atoms with van der Waals surface area (Å²) in [5, 5.41) is 11.7. The van der Waals surface area contributed by atoms with Crippen molar-refractivity contribution in [2.75, 3.05) is 13.2 Å². The van der Waals surface area contributed by atoms with Crippen molar-refractivity contribution in [3.8, 4) is 0 Å². The normalized spacial score (nSPS) is 35.9. The number of carbonyl (C=O) groups is 3. The van der Waals surface area contributed by atoms with E-state index in [1.54, 1.807) is 0 Å². The average molecular weight is 585 g/mol. The number of ether oxygens (including phenoxy) is 8. The third-order valence-corrected chi connectivity index (χ3v) is 7.58. The highest BCUT2D eigenvalue weighted by Gasteiger charge is 2.54. The molecule has 0 aliphatic carbocycles. The Morgan fingerprint density at radius 2 is 1.52 bits per heavy atom. The van der Waals surface area contributed by atoms with Crippen molar-refractivity contribution in [1.29, 1.82) is 0 Å². The van der Waals surface area contributed by atoms with Crippen molar-refractivity contribution in [2.24, 2.45) is 0 Å². The topological polar surface area (TPSA) is 145 Å². The molecular weight excluding hydrogens is 548 g/mol. The highest BCUT2D eigenvalue weighted by molar-refractivity contribution is 8.00. The van der Waals surface area contributed by atoms with Crippen LogP contribution in [0, 0.1) is 0 Å². The third-order valence-electron chi connectivity index (χ3n) is 6.38. The number of aliphatic hydroxyl groups excluding tert-OH is 1. The van der Waals surface area contributed by atoms with Crippen LogP contribution in [-0.4, -0.2) is 95.9 Å². The first kappa shape index (κ1) is 30.7. The van der Waals surface area contributed by atoms with E-state index < -0.39 is 78.7 Å². The van der Waals surface area contributed by atoms with Gasteiger partial charge < -0.3 is 43.0 Å². The van der Waals surface area contributed by atoms with Gasteiger partial charge in [0.2, 0.25) is 0 Å². The van der Waals surface area contributed by atoms with Crippen molar-refractivity contribution < 1.29 is 57.4 Å². The molecule has 3 aliphatic heterocycles. The molecular formula is C27H36O12S. The Kier molecular flexibility index (Phi) is 10.4. The molecule has 0 saturated carbocycles. The minimum Gasteiger partial charge on any atom is -0.456 e. The summed E-state index contributed by atoms with van der Waals surface area (Å²) < 4.78 is 46.6. The summed E-state index contributed by atoms with van der Waals surface area (Å²) in [5.74, 6) is -2.01. The molecule has 0 bridgehead atoms. The van der Waals surface area contributed by atoms with Crippen LogP contribution in [-0.2, 0) is 52.3 Å². The molecule has 0 radical (unpaired) electrons. The summed E-state index contributed by atoms with van der Waals surface area (Å²) in [4.78, 5) is 35.7. The second-order valence-corrected chi connectivity index (χ2v) is 11.7. The van der Waals surface area contributed by atoms with Gasteiger partial charge in [0.25, 0.3) is 0 Å². The van der Waals surface area contributed by atoms with Gasteiger partial charge in [0.15, 0.2) is 30.9 Å². The monoisotopic (exact) mass is 584 g/mol.